The van der Waals surface area contributed by atoms with Gasteiger partial charge in [0.05, 0.1) is 15.7 Å². The number of halogens is 3. The lowest BCUT2D eigenvalue weighted by atomic mass is 10.2. The molecular weight excluding hydrogens is 307 g/mol. The summed E-state index contributed by atoms with van der Waals surface area (Å²) in [6.07, 6.45) is 0.876. The zero-order valence-corrected chi connectivity index (χ0v) is 13.3. The number of carbonyl (C=O) groups excluding carboxylic acids is 1. The number of anilines is 1. The van der Waals surface area contributed by atoms with Gasteiger partial charge in [-0.2, -0.15) is 0 Å². The summed E-state index contributed by atoms with van der Waals surface area (Å²) >= 11 is 17.9. The molecule has 0 spiro atoms. The van der Waals surface area contributed by atoms with Crippen LogP contribution in [0.4, 0.5) is 5.69 Å². The Morgan fingerprint density at radius 1 is 1.21 bits per heavy atom. The molecule has 2 N–H and O–H groups in total. The highest BCUT2D eigenvalue weighted by atomic mass is 35.5. The smallest absolute Gasteiger partial charge is 0.242 e. The molecule has 0 aliphatic rings. The number of nitrogens with one attached hydrogen (secondary N) is 2. The topological polar surface area (TPSA) is 41.1 Å². The van der Waals surface area contributed by atoms with Gasteiger partial charge in [0.1, 0.15) is 6.04 Å². The fourth-order valence-corrected chi connectivity index (χ4v) is 2.36. The van der Waals surface area contributed by atoms with Crippen LogP contribution in [0.25, 0.3) is 0 Å². The lowest BCUT2D eigenvalue weighted by molar-refractivity contribution is -0.122. The molecule has 0 aliphatic heterocycles. The molecule has 0 saturated heterocycles. The van der Waals surface area contributed by atoms with E-state index in [9.17, 15) is 4.79 Å². The van der Waals surface area contributed by atoms with Crippen molar-refractivity contribution in [3.63, 3.8) is 0 Å². The maximum absolute atomic E-state index is 11.9. The SMILES string of the molecule is CCC(C)NC(=O)C(C)Nc1c(Cl)cc(Cl)cc1Cl. The third kappa shape index (κ3) is 4.75. The normalized spacial score (nSPS) is 13.8. The molecule has 1 amide bonds. The van der Waals surface area contributed by atoms with Crippen LogP contribution >= 0.6 is 34.8 Å². The molecule has 1 rings (SSSR count). The lowest BCUT2D eigenvalue weighted by Gasteiger charge is -2.19. The van der Waals surface area contributed by atoms with Crippen molar-refractivity contribution >= 4 is 46.4 Å². The van der Waals surface area contributed by atoms with Crippen molar-refractivity contribution < 1.29 is 4.79 Å². The molecule has 3 nitrogen and oxygen atoms in total. The van der Waals surface area contributed by atoms with Crippen molar-refractivity contribution in [3.05, 3.63) is 27.2 Å². The highest BCUT2D eigenvalue weighted by Gasteiger charge is 2.17. The van der Waals surface area contributed by atoms with Crippen LogP contribution < -0.4 is 10.6 Å². The number of benzene rings is 1. The maximum atomic E-state index is 11.9. The zero-order valence-electron chi connectivity index (χ0n) is 11.1. The maximum Gasteiger partial charge on any atom is 0.242 e. The molecule has 1 aromatic carbocycles. The van der Waals surface area contributed by atoms with Crippen molar-refractivity contribution in [1.29, 1.82) is 0 Å². The van der Waals surface area contributed by atoms with Gasteiger partial charge in [0.2, 0.25) is 5.91 Å². The number of hydrogen-bond acceptors (Lipinski definition) is 2. The summed E-state index contributed by atoms with van der Waals surface area (Å²) in [6, 6.07) is 2.85. The molecule has 2 unspecified atom stereocenters. The number of carbonyl (C=O) groups is 1. The van der Waals surface area contributed by atoms with Gasteiger partial charge in [-0.05, 0) is 32.4 Å². The molecule has 19 heavy (non-hydrogen) atoms. The Balaban J connectivity index is 2.77. The van der Waals surface area contributed by atoms with E-state index in [1.807, 2.05) is 13.8 Å². The van der Waals surface area contributed by atoms with Gasteiger partial charge in [0.15, 0.2) is 0 Å². The summed E-state index contributed by atoms with van der Waals surface area (Å²) in [4.78, 5) is 11.9. The molecule has 0 fully saturated rings. The summed E-state index contributed by atoms with van der Waals surface area (Å²) < 4.78 is 0. The second-order valence-corrected chi connectivity index (χ2v) is 5.68. The summed E-state index contributed by atoms with van der Waals surface area (Å²) in [7, 11) is 0. The van der Waals surface area contributed by atoms with Gasteiger partial charge in [0, 0.05) is 11.1 Å². The van der Waals surface area contributed by atoms with Crippen molar-refractivity contribution in [2.45, 2.75) is 39.3 Å². The Kier molecular flexibility index (Phi) is 6.24. The monoisotopic (exact) mass is 322 g/mol. The Morgan fingerprint density at radius 2 is 1.74 bits per heavy atom. The Morgan fingerprint density at radius 3 is 2.21 bits per heavy atom. The molecule has 2 atom stereocenters. The van der Waals surface area contributed by atoms with Crippen LogP contribution in [-0.4, -0.2) is 18.0 Å². The van der Waals surface area contributed by atoms with E-state index in [1.54, 1.807) is 19.1 Å². The average Bonchev–Trinajstić information content (AvgIpc) is 2.32. The fraction of sp³-hybridized carbons (Fsp3) is 0.462. The minimum atomic E-state index is -0.440. The van der Waals surface area contributed by atoms with E-state index in [-0.39, 0.29) is 11.9 Å². The summed E-state index contributed by atoms with van der Waals surface area (Å²) in [5.41, 5.74) is 0.513. The zero-order chi connectivity index (χ0) is 14.6. The molecule has 0 saturated carbocycles. The van der Waals surface area contributed by atoms with Crippen LogP contribution in [0.3, 0.4) is 0 Å². The Hall–Kier alpha value is -0.640. The molecular formula is C13H17Cl3N2O. The van der Waals surface area contributed by atoms with Crippen molar-refractivity contribution in [1.82, 2.24) is 5.32 Å². The largest absolute Gasteiger partial charge is 0.371 e. The van der Waals surface area contributed by atoms with Crippen LogP contribution in [0.5, 0.6) is 0 Å². The molecule has 0 aromatic heterocycles. The van der Waals surface area contributed by atoms with E-state index in [2.05, 4.69) is 10.6 Å². The van der Waals surface area contributed by atoms with E-state index in [4.69, 9.17) is 34.8 Å². The molecule has 0 aliphatic carbocycles. The minimum absolute atomic E-state index is 0.101. The first-order chi connectivity index (χ1) is 8.85. The van der Waals surface area contributed by atoms with E-state index in [0.29, 0.717) is 20.8 Å². The van der Waals surface area contributed by atoms with Crippen LogP contribution in [0.2, 0.25) is 15.1 Å². The van der Waals surface area contributed by atoms with Crippen LogP contribution in [-0.2, 0) is 4.79 Å². The number of amides is 1. The highest BCUT2D eigenvalue weighted by Crippen LogP contribution is 2.34. The van der Waals surface area contributed by atoms with E-state index >= 15 is 0 Å². The fourth-order valence-electron chi connectivity index (χ4n) is 1.43. The van der Waals surface area contributed by atoms with Crippen molar-refractivity contribution in [2.75, 3.05) is 5.32 Å². The van der Waals surface area contributed by atoms with Crippen molar-refractivity contribution in [3.8, 4) is 0 Å². The third-order valence-electron chi connectivity index (χ3n) is 2.76. The standard InChI is InChI=1S/C13H17Cl3N2O/c1-4-7(2)17-13(19)8(3)18-12-10(15)5-9(14)6-11(12)16/h5-8,18H,4H2,1-3H3,(H,17,19). The van der Waals surface area contributed by atoms with Gasteiger partial charge < -0.3 is 10.6 Å². The number of hydrogen-bond donors (Lipinski definition) is 2. The summed E-state index contributed by atoms with van der Waals surface area (Å²) in [6.45, 7) is 5.71. The van der Waals surface area contributed by atoms with Gasteiger partial charge in [-0.25, -0.2) is 0 Å². The summed E-state index contributed by atoms with van der Waals surface area (Å²) in [5, 5.41) is 7.12. The highest BCUT2D eigenvalue weighted by molar-refractivity contribution is 6.41. The molecule has 106 valence electrons. The van der Waals surface area contributed by atoms with E-state index < -0.39 is 6.04 Å². The number of rotatable bonds is 5. The van der Waals surface area contributed by atoms with Gasteiger partial charge in [-0.1, -0.05) is 41.7 Å². The summed E-state index contributed by atoms with van der Waals surface area (Å²) in [5.74, 6) is -0.101. The second-order valence-electron chi connectivity index (χ2n) is 4.43. The molecule has 6 heteroatoms. The third-order valence-corrected chi connectivity index (χ3v) is 3.58. The van der Waals surface area contributed by atoms with Gasteiger partial charge in [0.25, 0.3) is 0 Å². The van der Waals surface area contributed by atoms with Gasteiger partial charge >= 0.3 is 0 Å². The lowest BCUT2D eigenvalue weighted by Crippen LogP contribution is -2.41. The Labute approximate surface area is 128 Å². The predicted octanol–water partition coefficient (Wildman–Crippen LogP) is 4.36. The predicted molar refractivity (Wildman–Crippen MR) is 82.5 cm³/mol. The van der Waals surface area contributed by atoms with Crippen LogP contribution in [0.15, 0.2) is 12.1 Å². The van der Waals surface area contributed by atoms with Crippen LogP contribution in [0.1, 0.15) is 27.2 Å². The molecule has 0 bridgehead atoms. The molecule has 0 heterocycles. The first-order valence-corrected chi connectivity index (χ1v) is 7.20. The van der Waals surface area contributed by atoms with Crippen molar-refractivity contribution in [2.24, 2.45) is 0 Å². The van der Waals surface area contributed by atoms with E-state index in [0.717, 1.165) is 6.42 Å². The van der Waals surface area contributed by atoms with E-state index in [1.165, 1.54) is 0 Å². The van der Waals surface area contributed by atoms with Gasteiger partial charge in [-0.3, -0.25) is 4.79 Å². The first kappa shape index (κ1) is 16.4. The minimum Gasteiger partial charge on any atom is -0.371 e. The molecule has 1 aromatic rings. The Bertz CT molecular complexity index is 442. The quantitative estimate of drug-likeness (QED) is 0.845. The first-order valence-electron chi connectivity index (χ1n) is 6.06. The van der Waals surface area contributed by atoms with Gasteiger partial charge in [-0.15, -0.1) is 0 Å². The second kappa shape index (κ2) is 7.22. The average molecular weight is 324 g/mol. The molecule has 0 radical (unpaired) electrons. The van der Waals surface area contributed by atoms with Crippen LogP contribution in [0, 0.1) is 0 Å².